The Morgan fingerprint density at radius 2 is 1.03 bits per heavy atom. The van der Waals surface area contributed by atoms with Gasteiger partial charge in [-0.2, -0.15) is 0 Å². The van der Waals surface area contributed by atoms with E-state index in [0.717, 1.165) is 11.4 Å². The van der Waals surface area contributed by atoms with E-state index in [1.165, 1.54) is 16.7 Å². The first kappa shape index (κ1) is 19.4. The summed E-state index contributed by atoms with van der Waals surface area (Å²) in [6.07, 6.45) is 0. The van der Waals surface area contributed by atoms with E-state index in [1.54, 1.807) is 0 Å². The highest BCUT2D eigenvalue weighted by Gasteiger charge is 2.25. The highest BCUT2D eigenvalue weighted by atomic mass is 32.2. The van der Waals surface area contributed by atoms with Crippen LogP contribution < -0.4 is 5.32 Å². The molecule has 4 aromatic carbocycles. The molecule has 4 rings (SSSR count). The van der Waals surface area contributed by atoms with Crippen molar-refractivity contribution in [1.82, 2.24) is 0 Å². The zero-order valence-electron chi connectivity index (χ0n) is 16.3. The topological polar surface area (TPSA) is 12.0 Å². The quantitative estimate of drug-likeness (QED) is 0.331. The van der Waals surface area contributed by atoms with Gasteiger partial charge in [-0.15, -0.1) is 11.8 Å². The number of benzene rings is 4. The molecule has 1 N–H and O–H groups in total. The summed E-state index contributed by atoms with van der Waals surface area (Å²) in [4.78, 5) is 0. The molecule has 0 saturated heterocycles. The summed E-state index contributed by atoms with van der Waals surface area (Å²) in [6.45, 7) is 0. The van der Waals surface area contributed by atoms with Crippen molar-refractivity contribution in [2.24, 2.45) is 0 Å². The van der Waals surface area contributed by atoms with Gasteiger partial charge in [-0.1, -0.05) is 109 Å². The summed E-state index contributed by atoms with van der Waals surface area (Å²) in [7, 11) is 0. The lowest BCUT2D eigenvalue weighted by molar-refractivity contribution is 0.756. The molecule has 29 heavy (non-hydrogen) atoms. The van der Waals surface area contributed by atoms with Gasteiger partial charge in [-0.25, -0.2) is 0 Å². The van der Waals surface area contributed by atoms with E-state index >= 15 is 0 Å². The fourth-order valence-corrected chi connectivity index (χ4v) is 4.83. The average Bonchev–Trinajstić information content (AvgIpc) is 2.81. The predicted molar refractivity (Wildman–Crippen MR) is 126 cm³/mol. The monoisotopic (exact) mass is 395 g/mol. The molecule has 2 heteroatoms. The number of hydrogen-bond acceptors (Lipinski definition) is 2. The van der Waals surface area contributed by atoms with Crippen LogP contribution in [0.2, 0.25) is 0 Å². The zero-order chi connectivity index (χ0) is 19.7. The molecule has 1 nitrogen and oxygen atoms in total. The largest absolute Gasteiger partial charge is 0.377 e. The molecule has 0 spiro atoms. The van der Waals surface area contributed by atoms with E-state index < -0.39 is 0 Å². The van der Waals surface area contributed by atoms with Gasteiger partial charge < -0.3 is 5.32 Å². The van der Waals surface area contributed by atoms with Gasteiger partial charge >= 0.3 is 0 Å². The van der Waals surface area contributed by atoms with Crippen molar-refractivity contribution in [3.05, 3.63) is 138 Å². The lowest BCUT2D eigenvalue weighted by Crippen LogP contribution is -2.18. The summed E-state index contributed by atoms with van der Waals surface area (Å²) >= 11 is 1.99. The van der Waals surface area contributed by atoms with Crippen LogP contribution in [-0.4, -0.2) is 0 Å². The number of thioether (sulfide) groups is 1. The maximum Gasteiger partial charge on any atom is 0.0673 e. The minimum absolute atomic E-state index is 0.162. The minimum atomic E-state index is 0.162. The number of hydrogen-bond donors (Lipinski definition) is 1. The van der Waals surface area contributed by atoms with Crippen molar-refractivity contribution in [2.75, 3.05) is 5.32 Å². The van der Waals surface area contributed by atoms with Crippen molar-refractivity contribution in [1.29, 1.82) is 0 Å². The Morgan fingerprint density at radius 1 is 0.552 bits per heavy atom. The summed E-state index contributed by atoms with van der Waals surface area (Å²) < 4.78 is 0. The van der Waals surface area contributed by atoms with Crippen LogP contribution >= 0.6 is 11.8 Å². The van der Waals surface area contributed by atoms with E-state index in [4.69, 9.17) is 0 Å². The third kappa shape index (κ3) is 5.30. The van der Waals surface area contributed by atoms with Crippen LogP contribution in [0.25, 0.3) is 0 Å². The van der Waals surface area contributed by atoms with Gasteiger partial charge in [-0.3, -0.25) is 0 Å². The summed E-state index contributed by atoms with van der Waals surface area (Å²) in [5, 5.41) is 4.09. The molecule has 144 valence electrons. The van der Waals surface area contributed by atoms with Crippen LogP contribution in [0.3, 0.4) is 0 Å². The summed E-state index contributed by atoms with van der Waals surface area (Å²) in [5.41, 5.74) is 5.13. The molecule has 0 bridgehead atoms. The Morgan fingerprint density at radius 3 is 1.62 bits per heavy atom. The fourth-order valence-electron chi connectivity index (χ4n) is 3.50. The Kier molecular flexibility index (Phi) is 6.67. The Labute approximate surface area is 177 Å². The lowest BCUT2D eigenvalue weighted by Gasteiger charge is -2.30. The Hall–Kier alpha value is -2.97. The molecular weight excluding hydrogens is 370 g/mol. The molecule has 2 atom stereocenters. The molecule has 0 aliphatic carbocycles. The van der Waals surface area contributed by atoms with Gasteiger partial charge in [0.25, 0.3) is 0 Å². The van der Waals surface area contributed by atoms with Gasteiger partial charge in [-0.05, 0) is 28.8 Å². The van der Waals surface area contributed by atoms with Gasteiger partial charge in [0.15, 0.2) is 0 Å². The minimum Gasteiger partial charge on any atom is -0.377 e. The van der Waals surface area contributed by atoms with Gasteiger partial charge in [0.1, 0.15) is 0 Å². The van der Waals surface area contributed by atoms with Crippen molar-refractivity contribution >= 4 is 17.4 Å². The second kappa shape index (κ2) is 9.99. The standard InChI is InChI=1S/C27H25NS/c1-5-13-22(14-6-1)21-29-27(24-17-9-3-10-18-24)26(23-15-7-2-8-16-23)28-25-19-11-4-12-20-25/h1-20,26-28H,21H2/t26-,27-/m1/s1. The van der Waals surface area contributed by atoms with Crippen molar-refractivity contribution in [3.63, 3.8) is 0 Å². The first-order valence-electron chi connectivity index (χ1n) is 9.97. The first-order chi connectivity index (χ1) is 14.4. The summed E-state index contributed by atoms with van der Waals surface area (Å²) in [6, 6.07) is 43.0. The summed E-state index contributed by atoms with van der Waals surface area (Å²) in [5.74, 6) is 0.972. The molecule has 0 aliphatic rings. The number of rotatable bonds is 8. The maximum atomic E-state index is 3.81. The molecule has 0 aliphatic heterocycles. The van der Waals surface area contributed by atoms with E-state index in [2.05, 4.69) is 127 Å². The van der Waals surface area contributed by atoms with Crippen LogP contribution in [0.15, 0.2) is 121 Å². The highest BCUT2D eigenvalue weighted by Crippen LogP contribution is 2.43. The third-order valence-corrected chi connectivity index (χ3v) is 6.36. The number of anilines is 1. The molecule has 0 fully saturated rings. The third-order valence-electron chi connectivity index (χ3n) is 4.96. The van der Waals surface area contributed by atoms with E-state index in [9.17, 15) is 0 Å². The second-order valence-corrected chi connectivity index (χ2v) is 8.16. The van der Waals surface area contributed by atoms with Crippen LogP contribution in [0.5, 0.6) is 0 Å². The van der Waals surface area contributed by atoms with Crippen molar-refractivity contribution < 1.29 is 0 Å². The van der Waals surface area contributed by atoms with E-state index in [0.29, 0.717) is 0 Å². The fraction of sp³-hybridized carbons (Fsp3) is 0.111. The molecule has 0 amide bonds. The molecule has 0 aromatic heterocycles. The lowest BCUT2D eigenvalue weighted by atomic mass is 9.98. The number of para-hydroxylation sites is 1. The predicted octanol–water partition coefficient (Wildman–Crippen LogP) is 7.51. The van der Waals surface area contributed by atoms with Gasteiger partial charge in [0, 0.05) is 11.4 Å². The molecule has 0 saturated carbocycles. The SMILES string of the molecule is c1ccc(CS[C@H](c2ccccc2)[C@H](Nc2ccccc2)c2ccccc2)cc1. The maximum absolute atomic E-state index is 3.81. The normalized spacial score (nSPS) is 12.8. The van der Waals surface area contributed by atoms with Gasteiger partial charge in [0.05, 0.1) is 11.3 Å². The van der Waals surface area contributed by atoms with Crippen LogP contribution in [0, 0.1) is 0 Å². The highest BCUT2D eigenvalue weighted by molar-refractivity contribution is 7.98. The molecular formula is C27H25NS. The average molecular weight is 396 g/mol. The van der Waals surface area contributed by atoms with Crippen LogP contribution in [0.4, 0.5) is 5.69 Å². The smallest absolute Gasteiger partial charge is 0.0673 e. The second-order valence-electron chi connectivity index (χ2n) is 7.03. The first-order valence-corrected chi connectivity index (χ1v) is 11.0. The molecule has 0 radical (unpaired) electrons. The van der Waals surface area contributed by atoms with Crippen molar-refractivity contribution in [3.8, 4) is 0 Å². The Bertz CT molecular complexity index is 972. The number of nitrogens with one attached hydrogen (secondary N) is 1. The van der Waals surface area contributed by atoms with Gasteiger partial charge in [0.2, 0.25) is 0 Å². The van der Waals surface area contributed by atoms with E-state index in [1.807, 2.05) is 11.8 Å². The van der Waals surface area contributed by atoms with Crippen molar-refractivity contribution in [2.45, 2.75) is 17.0 Å². The zero-order valence-corrected chi connectivity index (χ0v) is 17.1. The van der Waals surface area contributed by atoms with E-state index in [-0.39, 0.29) is 11.3 Å². The molecule has 0 heterocycles. The van der Waals surface area contributed by atoms with Crippen LogP contribution in [-0.2, 0) is 5.75 Å². The molecule has 0 unspecified atom stereocenters. The Balaban J connectivity index is 1.68. The van der Waals surface area contributed by atoms with Crippen LogP contribution in [0.1, 0.15) is 28.0 Å². The molecule has 4 aromatic rings.